The van der Waals surface area contributed by atoms with Gasteiger partial charge in [0.15, 0.2) is 0 Å². The summed E-state index contributed by atoms with van der Waals surface area (Å²) in [7, 11) is -2.77. The summed E-state index contributed by atoms with van der Waals surface area (Å²) in [5.41, 5.74) is 2.30. The third-order valence-electron chi connectivity index (χ3n) is 3.30. The molecule has 0 N–H and O–H groups in total. The van der Waals surface area contributed by atoms with E-state index in [4.69, 9.17) is 4.65 Å². The van der Waals surface area contributed by atoms with E-state index < -0.39 is 16.5 Å². The molecule has 0 heterocycles. The Bertz CT molecular complexity index is 176. The van der Waals surface area contributed by atoms with Crippen LogP contribution in [0.25, 0.3) is 4.65 Å². The van der Waals surface area contributed by atoms with Crippen LogP contribution < -0.4 is 18.9 Å². The van der Waals surface area contributed by atoms with Crippen LogP contribution in [0.5, 0.6) is 0 Å². The zero-order chi connectivity index (χ0) is 12.4. The molecule has 0 saturated heterocycles. The van der Waals surface area contributed by atoms with E-state index in [0.29, 0.717) is 0 Å². The third-order valence-corrected chi connectivity index (χ3v) is 13.1. The van der Waals surface area contributed by atoms with Crippen LogP contribution in [-0.2, 0) is 0 Å². The average molecular weight is 251 g/mol. The van der Waals surface area contributed by atoms with Gasteiger partial charge in [0.1, 0.15) is 0 Å². The quantitative estimate of drug-likeness (QED) is 0.666. The molecule has 0 saturated carbocycles. The summed E-state index contributed by atoms with van der Waals surface area (Å²) in [5.74, 6) is 0. The van der Waals surface area contributed by atoms with E-state index in [1.54, 1.807) is 0 Å². The molecule has 0 unspecified atom stereocenters. The van der Waals surface area contributed by atoms with Gasteiger partial charge in [-0.1, -0.05) is 86.0 Å². The Morgan fingerprint density at radius 1 is 0.688 bits per heavy atom. The Kier molecular flexibility index (Phi) is 8.22. The zero-order valence-electron chi connectivity index (χ0n) is 13.2. The van der Waals surface area contributed by atoms with E-state index in [-0.39, 0.29) is 18.9 Å². The third kappa shape index (κ3) is 4.70. The monoisotopic (exact) mass is 251 g/mol. The molecule has 0 aromatic rings. The first-order valence-electron chi connectivity index (χ1n) is 6.28. The maximum Gasteiger partial charge on any atom is 1.00 e. The molecule has 0 aliphatic carbocycles. The molecule has 0 radical (unpaired) electrons. The SMILES string of the molecule is CC(C)[Si]([N-][Si](C)(C)C)(C(C)C)C(C)C.[Li+]. The van der Waals surface area contributed by atoms with E-state index in [0.717, 1.165) is 16.6 Å². The summed E-state index contributed by atoms with van der Waals surface area (Å²) in [6.07, 6.45) is 0. The van der Waals surface area contributed by atoms with Crippen LogP contribution in [0.2, 0.25) is 36.3 Å². The van der Waals surface area contributed by atoms with Crippen molar-refractivity contribution in [2.24, 2.45) is 0 Å². The summed E-state index contributed by atoms with van der Waals surface area (Å²) in [6, 6.07) is 0. The Balaban J connectivity index is 0. The van der Waals surface area contributed by atoms with Crippen LogP contribution in [-0.4, -0.2) is 16.5 Å². The van der Waals surface area contributed by atoms with Gasteiger partial charge in [0.25, 0.3) is 0 Å². The summed E-state index contributed by atoms with van der Waals surface area (Å²) >= 11 is 0. The molecule has 0 aliphatic rings. The first-order valence-corrected chi connectivity index (χ1v) is 11.9. The van der Waals surface area contributed by atoms with Crippen LogP contribution >= 0.6 is 0 Å². The fourth-order valence-corrected chi connectivity index (χ4v) is 14.7. The van der Waals surface area contributed by atoms with Crippen molar-refractivity contribution < 1.29 is 18.9 Å². The van der Waals surface area contributed by atoms with Gasteiger partial charge in [-0.2, -0.15) is 0 Å². The van der Waals surface area contributed by atoms with Gasteiger partial charge in [-0.05, 0) is 8.24 Å². The van der Waals surface area contributed by atoms with Crippen molar-refractivity contribution in [2.75, 3.05) is 0 Å². The maximum atomic E-state index is 5.42. The molecule has 0 aliphatic heterocycles. The molecule has 0 aromatic carbocycles. The number of hydrogen-bond donors (Lipinski definition) is 0. The van der Waals surface area contributed by atoms with Crippen LogP contribution in [0, 0.1) is 0 Å². The molecule has 0 aromatic heterocycles. The fraction of sp³-hybridized carbons (Fsp3) is 1.00. The van der Waals surface area contributed by atoms with Crippen LogP contribution in [0.1, 0.15) is 41.5 Å². The van der Waals surface area contributed by atoms with Crippen molar-refractivity contribution in [2.45, 2.75) is 77.8 Å². The van der Waals surface area contributed by atoms with Crippen molar-refractivity contribution in [3.63, 3.8) is 0 Å². The van der Waals surface area contributed by atoms with Crippen molar-refractivity contribution >= 4 is 16.5 Å². The Morgan fingerprint density at radius 3 is 1.00 bits per heavy atom. The van der Waals surface area contributed by atoms with Gasteiger partial charge >= 0.3 is 18.9 Å². The maximum absolute atomic E-state index is 5.42. The zero-order valence-corrected chi connectivity index (χ0v) is 15.2. The van der Waals surface area contributed by atoms with Crippen molar-refractivity contribution in [1.82, 2.24) is 0 Å². The van der Waals surface area contributed by atoms with Gasteiger partial charge in [0.2, 0.25) is 0 Å². The Morgan fingerprint density at radius 2 is 0.938 bits per heavy atom. The van der Waals surface area contributed by atoms with Crippen LogP contribution in [0.15, 0.2) is 0 Å². The van der Waals surface area contributed by atoms with Crippen LogP contribution in [0.3, 0.4) is 0 Å². The van der Waals surface area contributed by atoms with Crippen molar-refractivity contribution in [3.05, 3.63) is 4.65 Å². The molecule has 4 heteroatoms. The molecule has 0 spiro atoms. The van der Waals surface area contributed by atoms with E-state index in [1.807, 2.05) is 0 Å². The van der Waals surface area contributed by atoms with Gasteiger partial charge in [-0.3, -0.25) is 0 Å². The second kappa shape index (κ2) is 6.80. The first-order chi connectivity index (χ1) is 6.54. The van der Waals surface area contributed by atoms with Gasteiger partial charge < -0.3 is 4.65 Å². The van der Waals surface area contributed by atoms with E-state index in [1.165, 1.54) is 0 Å². The normalized spacial score (nSPS) is 13.5. The van der Waals surface area contributed by atoms with E-state index in [2.05, 4.69) is 61.2 Å². The van der Waals surface area contributed by atoms with Crippen LogP contribution in [0.4, 0.5) is 0 Å². The first kappa shape index (κ1) is 19.3. The molecule has 0 bridgehead atoms. The van der Waals surface area contributed by atoms with E-state index in [9.17, 15) is 0 Å². The van der Waals surface area contributed by atoms with E-state index >= 15 is 0 Å². The smallest absolute Gasteiger partial charge is 0.666 e. The fourth-order valence-electron chi connectivity index (χ4n) is 2.97. The number of rotatable bonds is 5. The summed E-state index contributed by atoms with van der Waals surface area (Å²) in [5, 5.41) is 0. The van der Waals surface area contributed by atoms with Gasteiger partial charge in [-0.25, -0.2) is 0 Å². The predicted molar refractivity (Wildman–Crippen MR) is 77.8 cm³/mol. The largest absolute Gasteiger partial charge is 1.00 e. The molecule has 0 amide bonds. The molecule has 16 heavy (non-hydrogen) atoms. The van der Waals surface area contributed by atoms with Gasteiger partial charge in [-0.15, -0.1) is 0 Å². The predicted octanol–water partition coefficient (Wildman–Crippen LogP) is 2.37. The minimum Gasteiger partial charge on any atom is -0.666 e. The summed E-state index contributed by atoms with van der Waals surface area (Å²) in [6.45, 7) is 21.4. The second-order valence-corrected chi connectivity index (χ2v) is 17.1. The minimum atomic E-state index is -1.48. The van der Waals surface area contributed by atoms with Crippen molar-refractivity contribution in [1.29, 1.82) is 0 Å². The Hall–Kier alpha value is 0.991. The molecular weight excluding hydrogens is 221 g/mol. The molecule has 1 nitrogen and oxygen atoms in total. The molecule has 0 atom stereocenters. The second-order valence-electron chi connectivity index (χ2n) is 6.63. The number of nitrogens with zero attached hydrogens (tertiary/aromatic N) is 1. The van der Waals surface area contributed by atoms with Gasteiger partial charge in [0, 0.05) is 0 Å². The topological polar surface area (TPSA) is 14.1 Å². The molecule has 0 rings (SSSR count). The summed E-state index contributed by atoms with van der Waals surface area (Å²) < 4.78 is 5.42. The Labute approximate surface area is 118 Å². The molecular formula is C12H30LiNSi2. The van der Waals surface area contributed by atoms with Gasteiger partial charge in [0.05, 0.1) is 0 Å². The average Bonchev–Trinajstić information content (AvgIpc) is 1.96. The molecule has 92 valence electrons. The summed E-state index contributed by atoms with van der Waals surface area (Å²) in [4.78, 5) is 0. The standard InChI is InChI=1S/C12H30NSi2.Li/c1-10(2)15(11(3)4,12(5)6)13-14(7,8)9;/h10-12H,1-9H3;/q-1;+1. The minimum absolute atomic E-state index is 0. The van der Waals surface area contributed by atoms with Crippen molar-refractivity contribution in [3.8, 4) is 0 Å². The number of hydrogen-bond acceptors (Lipinski definition) is 0. The molecule has 0 fully saturated rings.